The first-order valence-corrected chi connectivity index (χ1v) is 11.3. The van der Waals surface area contributed by atoms with Crippen molar-refractivity contribution in [3.8, 4) is 5.75 Å². The molecule has 2 rings (SSSR count). The van der Waals surface area contributed by atoms with Gasteiger partial charge in [0.2, 0.25) is 12.2 Å². The van der Waals surface area contributed by atoms with Crippen LogP contribution >= 0.6 is 0 Å². The SMILES string of the molecule is CC(C)OC(=O)OC(C)Oc1ccccc1N=Nc1ccc(NC(=O)[C@@H](N)CCCCN)nc1N. The summed E-state index contributed by atoms with van der Waals surface area (Å²) in [5.74, 6) is 0.293. The molecule has 12 heteroatoms. The number of carbonyl (C=O) groups excluding carboxylic acids is 2. The maximum Gasteiger partial charge on any atom is 0.511 e. The number of rotatable bonds is 12. The van der Waals surface area contributed by atoms with Crippen molar-refractivity contribution < 1.29 is 23.8 Å². The molecule has 190 valence electrons. The monoisotopic (exact) mass is 487 g/mol. The van der Waals surface area contributed by atoms with E-state index in [0.29, 0.717) is 24.4 Å². The fraction of sp³-hybridized carbons (Fsp3) is 0.435. The van der Waals surface area contributed by atoms with Crippen LogP contribution in [0, 0.1) is 0 Å². The highest BCUT2D eigenvalue weighted by Crippen LogP contribution is 2.31. The molecule has 35 heavy (non-hydrogen) atoms. The van der Waals surface area contributed by atoms with Gasteiger partial charge in [-0.1, -0.05) is 18.6 Å². The van der Waals surface area contributed by atoms with Gasteiger partial charge in [-0.05, 0) is 57.5 Å². The van der Waals surface area contributed by atoms with Gasteiger partial charge in [0, 0.05) is 6.92 Å². The number of nitrogens with one attached hydrogen (secondary N) is 1. The third-order valence-electron chi connectivity index (χ3n) is 4.48. The molecule has 2 atom stereocenters. The van der Waals surface area contributed by atoms with Crippen LogP contribution in [-0.2, 0) is 14.3 Å². The second-order valence-corrected chi connectivity index (χ2v) is 7.87. The molecule has 1 aromatic carbocycles. The van der Waals surface area contributed by atoms with E-state index in [4.69, 9.17) is 31.4 Å². The quantitative estimate of drug-likeness (QED) is 0.149. The zero-order valence-electron chi connectivity index (χ0n) is 20.1. The van der Waals surface area contributed by atoms with E-state index in [1.165, 1.54) is 0 Å². The van der Waals surface area contributed by atoms with Crippen molar-refractivity contribution in [1.82, 2.24) is 4.98 Å². The highest BCUT2D eigenvalue weighted by molar-refractivity contribution is 5.94. The van der Waals surface area contributed by atoms with Gasteiger partial charge in [0.25, 0.3) is 0 Å². The Morgan fingerprint density at radius 2 is 1.74 bits per heavy atom. The lowest BCUT2D eigenvalue weighted by atomic mass is 10.1. The molecule has 0 saturated heterocycles. The first kappa shape index (κ1) is 27.5. The Bertz CT molecular complexity index is 1020. The molecule has 0 saturated carbocycles. The Kier molecular flexibility index (Phi) is 10.8. The number of aromatic nitrogens is 1. The van der Waals surface area contributed by atoms with Gasteiger partial charge < -0.3 is 36.7 Å². The number of nitrogens with zero attached hydrogens (tertiary/aromatic N) is 3. The van der Waals surface area contributed by atoms with Gasteiger partial charge in [0.15, 0.2) is 11.6 Å². The average molecular weight is 488 g/mol. The molecule has 1 aromatic heterocycles. The summed E-state index contributed by atoms with van der Waals surface area (Å²) in [5, 5.41) is 10.9. The predicted molar refractivity (Wildman–Crippen MR) is 132 cm³/mol. The number of benzene rings is 1. The van der Waals surface area contributed by atoms with Crippen molar-refractivity contribution in [1.29, 1.82) is 0 Å². The minimum Gasteiger partial charge on any atom is -0.453 e. The largest absolute Gasteiger partial charge is 0.511 e. The Hall–Kier alpha value is -3.77. The number of hydrogen-bond acceptors (Lipinski definition) is 11. The van der Waals surface area contributed by atoms with Crippen LogP contribution in [0.15, 0.2) is 46.6 Å². The third-order valence-corrected chi connectivity index (χ3v) is 4.48. The van der Waals surface area contributed by atoms with Crippen LogP contribution in [0.3, 0.4) is 0 Å². The zero-order valence-corrected chi connectivity index (χ0v) is 20.1. The Morgan fingerprint density at radius 3 is 2.43 bits per heavy atom. The van der Waals surface area contributed by atoms with E-state index in [2.05, 4.69) is 20.5 Å². The van der Waals surface area contributed by atoms with Gasteiger partial charge in [-0.3, -0.25) is 4.79 Å². The van der Waals surface area contributed by atoms with Gasteiger partial charge in [-0.2, -0.15) is 0 Å². The number of nitrogen functional groups attached to an aromatic ring is 1. The maximum absolute atomic E-state index is 12.2. The van der Waals surface area contributed by atoms with Crippen molar-refractivity contribution in [2.24, 2.45) is 21.7 Å². The molecule has 12 nitrogen and oxygen atoms in total. The standard InChI is InChI=1S/C23H33N7O5/c1-14(2)33-23(32)35-15(3)34-19-10-5-4-9-17(19)29-30-18-11-12-20(27-21(18)26)28-22(31)16(25)8-6-7-13-24/h4-5,9-12,14-16H,6-8,13,24-25H2,1-3H3,(H3,26,27,28,31)/t15?,16-/m0/s1. The summed E-state index contributed by atoms with van der Waals surface area (Å²) in [6.07, 6.45) is 0.0135. The van der Waals surface area contributed by atoms with Gasteiger partial charge >= 0.3 is 6.16 Å². The lowest BCUT2D eigenvalue weighted by Crippen LogP contribution is -2.35. The molecule has 0 bridgehead atoms. The molecular formula is C23H33N7O5. The number of ether oxygens (including phenoxy) is 3. The third kappa shape index (κ3) is 9.55. The molecule has 0 aliphatic carbocycles. The Morgan fingerprint density at radius 1 is 1.03 bits per heavy atom. The Balaban J connectivity index is 2.03. The number of pyridine rings is 1. The second kappa shape index (κ2) is 13.8. The molecule has 1 unspecified atom stereocenters. The van der Waals surface area contributed by atoms with Crippen molar-refractivity contribution >= 4 is 35.1 Å². The molecule has 0 fully saturated rings. The molecular weight excluding hydrogens is 454 g/mol. The molecule has 0 radical (unpaired) electrons. The van der Waals surface area contributed by atoms with Crippen molar-refractivity contribution in [3.05, 3.63) is 36.4 Å². The molecule has 0 aliphatic heterocycles. The van der Waals surface area contributed by atoms with Gasteiger partial charge in [0.1, 0.15) is 17.2 Å². The number of azo groups is 1. The number of hydrogen-bond donors (Lipinski definition) is 4. The molecule has 0 spiro atoms. The van der Waals surface area contributed by atoms with Crippen molar-refractivity contribution in [2.75, 3.05) is 17.6 Å². The first-order valence-electron chi connectivity index (χ1n) is 11.3. The number of unbranched alkanes of at least 4 members (excludes halogenated alkanes) is 1. The molecule has 7 N–H and O–H groups in total. The summed E-state index contributed by atoms with van der Waals surface area (Å²) in [5.41, 5.74) is 18.0. The number of amides is 1. The van der Waals surface area contributed by atoms with E-state index >= 15 is 0 Å². The van der Waals surface area contributed by atoms with Gasteiger partial charge in [-0.25, -0.2) is 9.78 Å². The summed E-state index contributed by atoms with van der Waals surface area (Å²) < 4.78 is 15.6. The lowest BCUT2D eigenvalue weighted by Gasteiger charge is -2.16. The average Bonchev–Trinajstić information content (AvgIpc) is 2.78. The van der Waals surface area contributed by atoms with Crippen LogP contribution < -0.4 is 27.3 Å². The summed E-state index contributed by atoms with van der Waals surface area (Å²) in [6.45, 7) is 5.53. The maximum atomic E-state index is 12.2. The number of para-hydroxylation sites is 1. The van der Waals surface area contributed by atoms with Gasteiger partial charge in [0.05, 0.1) is 12.1 Å². The number of carbonyl (C=O) groups is 2. The van der Waals surface area contributed by atoms with E-state index in [0.717, 1.165) is 12.8 Å². The summed E-state index contributed by atoms with van der Waals surface area (Å²) >= 11 is 0. The van der Waals surface area contributed by atoms with Crippen molar-refractivity contribution in [2.45, 2.75) is 58.5 Å². The topological polar surface area (TPSA) is 190 Å². The minimum absolute atomic E-state index is 0.0646. The molecule has 1 amide bonds. The number of anilines is 2. The fourth-order valence-corrected chi connectivity index (χ4v) is 2.79. The van der Waals surface area contributed by atoms with Crippen LogP contribution in [0.2, 0.25) is 0 Å². The second-order valence-electron chi connectivity index (χ2n) is 7.87. The van der Waals surface area contributed by atoms with E-state index in [-0.39, 0.29) is 29.3 Å². The van der Waals surface area contributed by atoms with Crippen LogP contribution in [0.1, 0.15) is 40.0 Å². The van der Waals surface area contributed by atoms with Crippen LogP contribution in [0.4, 0.5) is 27.8 Å². The van der Waals surface area contributed by atoms with Gasteiger partial charge in [-0.15, -0.1) is 10.2 Å². The summed E-state index contributed by atoms with van der Waals surface area (Å²) in [6, 6.07) is 9.26. The lowest BCUT2D eigenvalue weighted by molar-refractivity contribution is -0.117. The van der Waals surface area contributed by atoms with Crippen LogP contribution in [-0.4, -0.2) is 42.0 Å². The molecule has 0 aliphatic rings. The smallest absolute Gasteiger partial charge is 0.453 e. The zero-order chi connectivity index (χ0) is 25.8. The Labute approximate surface area is 204 Å². The predicted octanol–water partition coefficient (Wildman–Crippen LogP) is 3.76. The highest BCUT2D eigenvalue weighted by atomic mass is 16.8. The van der Waals surface area contributed by atoms with Crippen molar-refractivity contribution in [3.63, 3.8) is 0 Å². The van der Waals surface area contributed by atoms with E-state index in [1.807, 2.05) is 0 Å². The van der Waals surface area contributed by atoms with E-state index < -0.39 is 18.5 Å². The first-order chi connectivity index (χ1) is 16.7. The van der Waals surface area contributed by atoms with Crippen LogP contribution in [0.25, 0.3) is 0 Å². The highest BCUT2D eigenvalue weighted by Gasteiger charge is 2.16. The molecule has 1 heterocycles. The van der Waals surface area contributed by atoms with E-state index in [9.17, 15) is 9.59 Å². The fourth-order valence-electron chi connectivity index (χ4n) is 2.79. The normalized spacial score (nSPS) is 12.9. The minimum atomic E-state index is -0.922. The molecule has 2 aromatic rings. The summed E-state index contributed by atoms with van der Waals surface area (Å²) in [7, 11) is 0. The summed E-state index contributed by atoms with van der Waals surface area (Å²) in [4.78, 5) is 28.0. The number of nitrogens with two attached hydrogens (primary N) is 3. The van der Waals surface area contributed by atoms with E-state index in [1.54, 1.807) is 57.2 Å². The van der Waals surface area contributed by atoms with Crippen LogP contribution in [0.5, 0.6) is 5.75 Å².